The van der Waals surface area contributed by atoms with E-state index in [2.05, 4.69) is 31.4 Å². The lowest BCUT2D eigenvalue weighted by Gasteiger charge is -2.10. The van der Waals surface area contributed by atoms with Crippen molar-refractivity contribution in [1.29, 1.82) is 0 Å². The molecule has 0 aromatic rings. The summed E-state index contributed by atoms with van der Waals surface area (Å²) in [5.41, 5.74) is 1.23. The number of thiol groups is 1. The van der Waals surface area contributed by atoms with E-state index >= 15 is 0 Å². The van der Waals surface area contributed by atoms with Crippen molar-refractivity contribution < 1.29 is 0 Å². The Morgan fingerprint density at radius 3 is 2.88 bits per heavy atom. The summed E-state index contributed by atoms with van der Waals surface area (Å²) in [7, 11) is 0. The van der Waals surface area contributed by atoms with Gasteiger partial charge in [0.1, 0.15) is 0 Å². The molecule has 0 radical (unpaired) electrons. The van der Waals surface area contributed by atoms with Gasteiger partial charge in [0.15, 0.2) is 0 Å². The summed E-state index contributed by atoms with van der Waals surface area (Å²) in [6, 6.07) is 0. The fraction of sp³-hybridized carbons (Fsp3) is 0.429. The largest absolute Gasteiger partial charge is 0.172 e. The van der Waals surface area contributed by atoms with Gasteiger partial charge >= 0.3 is 0 Å². The molecule has 1 aliphatic carbocycles. The molecule has 0 spiro atoms. The van der Waals surface area contributed by atoms with Gasteiger partial charge in [0.2, 0.25) is 0 Å². The van der Waals surface area contributed by atoms with Gasteiger partial charge < -0.3 is 0 Å². The van der Waals surface area contributed by atoms with E-state index in [1.807, 2.05) is 0 Å². The fourth-order valence-electron chi connectivity index (χ4n) is 0.760. The van der Waals surface area contributed by atoms with Crippen molar-refractivity contribution in [3.8, 4) is 0 Å². The van der Waals surface area contributed by atoms with E-state index in [1.165, 1.54) is 5.57 Å². The summed E-state index contributed by atoms with van der Waals surface area (Å²) in [6.45, 7) is 3.83. The van der Waals surface area contributed by atoms with Crippen LogP contribution in [0.25, 0.3) is 0 Å². The Kier molecular flexibility index (Phi) is 1.79. The Bertz CT molecular complexity index is 124. The zero-order chi connectivity index (χ0) is 5.98. The maximum Gasteiger partial charge on any atom is 0.0203 e. The summed E-state index contributed by atoms with van der Waals surface area (Å²) < 4.78 is 0. The van der Waals surface area contributed by atoms with Crippen LogP contribution in [-0.4, -0.2) is 5.25 Å². The smallest absolute Gasteiger partial charge is 0.0203 e. The predicted octanol–water partition coefficient (Wildman–Crippen LogP) is 2.19. The van der Waals surface area contributed by atoms with Crippen LogP contribution in [0.5, 0.6) is 0 Å². The SMILES string of the molecule is C=C1C=CC(S)CC1. The monoisotopic (exact) mass is 126 g/mol. The van der Waals surface area contributed by atoms with Gasteiger partial charge in [0.05, 0.1) is 0 Å². The van der Waals surface area contributed by atoms with Crippen molar-refractivity contribution in [3.05, 3.63) is 24.3 Å². The maximum absolute atomic E-state index is 4.27. The van der Waals surface area contributed by atoms with E-state index in [9.17, 15) is 0 Å². The minimum atomic E-state index is 0.473. The fourth-order valence-corrected chi connectivity index (χ4v) is 0.975. The van der Waals surface area contributed by atoms with Crippen LogP contribution in [-0.2, 0) is 0 Å². The van der Waals surface area contributed by atoms with Gasteiger partial charge in [-0.1, -0.05) is 24.3 Å². The lowest BCUT2D eigenvalue weighted by molar-refractivity contribution is 0.841. The summed E-state index contributed by atoms with van der Waals surface area (Å²) in [6.07, 6.45) is 6.42. The Labute approximate surface area is 55.7 Å². The molecule has 8 heavy (non-hydrogen) atoms. The third kappa shape index (κ3) is 1.41. The van der Waals surface area contributed by atoms with Crippen molar-refractivity contribution in [2.75, 3.05) is 0 Å². The molecule has 1 heteroatoms. The van der Waals surface area contributed by atoms with E-state index in [0.29, 0.717) is 5.25 Å². The van der Waals surface area contributed by atoms with Crippen LogP contribution < -0.4 is 0 Å². The second kappa shape index (κ2) is 2.40. The minimum absolute atomic E-state index is 0.473. The average Bonchev–Trinajstić information content (AvgIpc) is 1.77. The van der Waals surface area contributed by atoms with Crippen LogP contribution >= 0.6 is 12.6 Å². The summed E-state index contributed by atoms with van der Waals surface area (Å²) in [4.78, 5) is 0. The van der Waals surface area contributed by atoms with Gasteiger partial charge in [-0.2, -0.15) is 12.6 Å². The number of rotatable bonds is 0. The summed E-state index contributed by atoms with van der Waals surface area (Å²) >= 11 is 4.27. The Hall–Kier alpha value is -0.170. The highest BCUT2D eigenvalue weighted by Gasteiger charge is 2.03. The summed E-state index contributed by atoms with van der Waals surface area (Å²) in [5, 5.41) is 0.473. The van der Waals surface area contributed by atoms with E-state index in [0.717, 1.165) is 12.8 Å². The van der Waals surface area contributed by atoms with Crippen molar-refractivity contribution in [2.24, 2.45) is 0 Å². The molecule has 1 rings (SSSR count). The maximum atomic E-state index is 4.27. The number of allylic oxidation sites excluding steroid dienone is 2. The van der Waals surface area contributed by atoms with Crippen LogP contribution in [0.3, 0.4) is 0 Å². The zero-order valence-corrected chi connectivity index (χ0v) is 5.70. The van der Waals surface area contributed by atoms with Crippen LogP contribution in [0.2, 0.25) is 0 Å². The summed E-state index contributed by atoms with van der Waals surface area (Å²) in [5.74, 6) is 0. The van der Waals surface area contributed by atoms with E-state index in [4.69, 9.17) is 0 Å². The predicted molar refractivity (Wildman–Crippen MR) is 40.3 cm³/mol. The quantitative estimate of drug-likeness (QED) is 0.473. The highest BCUT2D eigenvalue weighted by atomic mass is 32.1. The molecule has 0 amide bonds. The average molecular weight is 126 g/mol. The van der Waals surface area contributed by atoms with Crippen LogP contribution in [0.1, 0.15) is 12.8 Å². The number of hydrogen-bond donors (Lipinski definition) is 1. The standard InChI is InChI=1S/C7H10S/c1-6-2-4-7(8)5-3-6/h2,4,7-8H,1,3,5H2. The molecule has 1 unspecified atom stereocenters. The van der Waals surface area contributed by atoms with Gasteiger partial charge in [0.25, 0.3) is 0 Å². The van der Waals surface area contributed by atoms with Crippen molar-refractivity contribution in [3.63, 3.8) is 0 Å². The van der Waals surface area contributed by atoms with Crippen molar-refractivity contribution in [2.45, 2.75) is 18.1 Å². The van der Waals surface area contributed by atoms with Gasteiger partial charge in [-0.15, -0.1) is 0 Å². The molecule has 0 bridgehead atoms. The molecule has 0 nitrogen and oxygen atoms in total. The Morgan fingerprint density at radius 2 is 2.50 bits per heavy atom. The molecule has 1 atom stereocenters. The Balaban J connectivity index is 2.55. The van der Waals surface area contributed by atoms with Crippen molar-refractivity contribution in [1.82, 2.24) is 0 Å². The highest BCUT2D eigenvalue weighted by Crippen LogP contribution is 2.17. The number of hydrogen-bond acceptors (Lipinski definition) is 1. The molecule has 44 valence electrons. The third-order valence-corrected chi connectivity index (χ3v) is 1.75. The topological polar surface area (TPSA) is 0 Å². The molecule has 0 saturated heterocycles. The first-order valence-electron chi connectivity index (χ1n) is 2.83. The van der Waals surface area contributed by atoms with Crippen LogP contribution in [0.4, 0.5) is 0 Å². The van der Waals surface area contributed by atoms with Gasteiger partial charge in [-0.25, -0.2) is 0 Å². The lowest BCUT2D eigenvalue weighted by Crippen LogP contribution is -1.98. The van der Waals surface area contributed by atoms with E-state index in [-0.39, 0.29) is 0 Å². The lowest BCUT2D eigenvalue weighted by atomic mass is 10.0. The molecular formula is C7H10S. The van der Waals surface area contributed by atoms with Gasteiger partial charge in [-0.3, -0.25) is 0 Å². The molecule has 0 fully saturated rings. The molecule has 0 aromatic carbocycles. The van der Waals surface area contributed by atoms with E-state index in [1.54, 1.807) is 0 Å². The van der Waals surface area contributed by atoms with Crippen LogP contribution in [0.15, 0.2) is 24.3 Å². The molecule has 0 N–H and O–H groups in total. The van der Waals surface area contributed by atoms with E-state index < -0.39 is 0 Å². The molecule has 1 aliphatic rings. The van der Waals surface area contributed by atoms with Crippen LogP contribution in [0, 0.1) is 0 Å². The molecular weight excluding hydrogens is 116 g/mol. The first kappa shape index (κ1) is 5.96. The first-order chi connectivity index (χ1) is 3.79. The Morgan fingerprint density at radius 1 is 1.75 bits per heavy atom. The molecule has 0 heterocycles. The molecule has 0 aromatic heterocycles. The molecule has 0 aliphatic heterocycles. The second-order valence-electron chi connectivity index (χ2n) is 2.12. The first-order valence-corrected chi connectivity index (χ1v) is 3.35. The second-order valence-corrected chi connectivity index (χ2v) is 2.79. The zero-order valence-electron chi connectivity index (χ0n) is 4.80. The normalized spacial score (nSPS) is 28.6. The molecule has 0 saturated carbocycles. The van der Waals surface area contributed by atoms with Gasteiger partial charge in [-0.05, 0) is 12.8 Å². The third-order valence-electron chi connectivity index (χ3n) is 1.32. The minimum Gasteiger partial charge on any atom is -0.172 e. The highest BCUT2D eigenvalue weighted by molar-refractivity contribution is 7.81. The van der Waals surface area contributed by atoms with Crippen molar-refractivity contribution >= 4 is 12.6 Å². The van der Waals surface area contributed by atoms with Gasteiger partial charge in [0, 0.05) is 5.25 Å².